The number of allylic oxidation sites excluding steroid dienone is 2. The minimum Gasteiger partial charge on any atom is -0.369 e. The first-order valence-corrected chi connectivity index (χ1v) is 12.3. The maximum Gasteiger partial charge on any atom is 0.220 e. The number of rotatable bonds is 21. The summed E-state index contributed by atoms with van der Waals surface area (Å²) in [6, 6.07) is 0. The van der Waals surface area contributed by atoms with Gasteiger partial charge in [0.2, 0.25) is 5.91 Å². The van der Waals surface area contributed by atoms with Crippen LogP contribution in [0.4, 0.5) is 0 Å². The highest BCUT2D eigenvalue weighted by atomic mass is 35.5. The third-order valence-electron chi connectivity index (χ3n) is 5.42. The van der Waals surface area contributed by atoms with E-state index in [0.29, 0.717) is 5.88 Å². The van der Waals surface area contributed by atoms with Gasteiger partial charge in [0.05, 0.1) is 0 Å². The highest BCUT2D eigenvalue weighted by molar-refractivity contribution is 6.17. The van der Waals surface area contributed by atoms with Crippen LogP contribution in [0.5, 0.6) is 0 Å². The second-order valence-electron chi connectivity index (χ2n) is 8.01. The van der Waals surface area contributed by atoms with Gasteiger partial charge in [0.15, 0.2) is 0 Å². The van der Waals surface area contributed by atoms with Gasteiger partial charge in [-0.25, -0.2) is 0 Å². The van der Waals surface area contributed by atoms with Gasteiger partial charge in [0, 0.05) is 11.8 Å². The van der Waals surface area contributed by atoms with Crippen molar-refractivity contribution in [1.29, 1.82) is 0 Å². The largest absolute Gasteiger partial charge is 0.369 e. The Morgan fingerprint density at radius 1 is 0.741 bits per heavy atom. The average molecular weight is 400 g/mol. The molecule has 27 heavy (non-hydrogen) atoms. The molecule has 2 nitrogen and oxygen atoms in total. The summed E-state index contributed by atoms with van der Waals surface area (Å²) in [5, 5.41) is 0. The summed E-state index contributed by atoms with van der Waals surface area (Å²) in [4.78, 5) is 11.3. The molecule has 0 radical (unpaired) electrons. The molecule has 1 atom stereocenters. The van der Waals surface area contributed by atoms with E-state index in [1.807, 2.05) is 0 Å². The second-order valence-corrected chi connectivity index (χ2v) is 8.39. The van der Waals surface area contributed by atoms with Crippen molar-refractivity contribution < 1.29 is 4.79 Å². The van der Waals surface area contributed by atoms with Gasteiger partial charge in [-0.05, 0) is 38.5 Å². The molecule has 0 aromatic rings. The Morgan fingerprint density at radius 2 is 1.19 bits per heavy atom. The number of hydrogen-bond donors (Lipinski definition) is 1. The third kappa shape index (κ3) is 20.1. The van der Waals surface area contributed by atoms with Crippen molar-refractivity contribution in [3.8, 4) is 0 Å². The lowest BCUT2D eigenvalue weighted by Gasteiger charge is -2.11. The van der Waals surface area contributed by atoms with Crippen LogP contribution >= 0.6 is 11.6 Å². The second kappa shape index (κ2) is 21.8. The van der Waals surface area contributed by atoms with Crippen LogP contribution in [0, 0.1) is 5.92 Å². The molecule has 0 aromatic carbocycles. The fourth-order valence-electron chi connectivity index (χ4n) is 3.55. The topological polar surface area (TPSA) is 43.1 Å². The Labute approximate surface area is 174 Å². The van der Waals surface area contributed by atoms with Crippen molar-refractivity contribution in [3.63, 3.8) is 0 Å². The van der Waals surface area contributed by atoms with Crippen LogP contribution in [0.3, 0.4) is 0 Å². The van der Waals surface area contributed by atoms with Gasteiger partial charge in [0.25, 0.3) is 0 Å². The summed E-state index contributed by atoms with van der Waals surface area (Å²) >= 11 is 5.71. The first kappa shape index (κ1) is 26.5. The van der Waals surface area contributed by atoms with Gasteiger partial charge in [-0.2, -0.15) is 0 Å². The number of unbranched alkanes of at least 4 members (excludes halogenated alkanes) is 14. The van der Waals surface area contributed by atoms with Gasteiger partial charge in [-0.15, -0.1) is 11.6 Å². The molecule has 0 spiro atoms. The van der Waals surface area contributed by atoms with Gasteiger partial charge < -0.3 is 5.73 Å². The zero-order valence-corrected chi connectivity index (χ0v) is 18.8. The maximum absolute atomic E-state index is 11.3. The number of hydrogen-bond acceptors (Lipinski definition) is 1. The van der Waals surface area contributed by atoms with Gasteiger partial charge in [-0.1, -0.05) is 96.1 Å². The number of carbonyl (C=O) groups is 1. The van der Waals surface area contributed by atoms with Crippen molar-refractivity contribution >= 4 is 17.5 Å². The number of carbonyl (C=O) groups excluding carboxylic acids is 1. The van der Waals surface area contributed by atoms with Crippen molar-refractivity contribution in [1.82, 2.24) is 0 Å². The zero-order chi connectivity index (χ0) is 20.0. The number of amides is 1. The van der Waals surface area contributed by atoms with E-state index < -0.39 is 0 Å². The minimum atomic E-state index is -0.184. The quantitative estimate of drug-likeness (QED) is 0.119. The highest BCUT2D eigenvalue weighted by Crippen LogP contribution is 2.16. The summed E-state index contributed by atoms with van der Waals surface area (Å²) in [5.74, 6) is 0.329. The molecule has 0 aliphatic rings. The Hall–Kier alpha value is -0.500. The standard InChI is InChI=1S/C24H46ClNO/c1-2-3-4-5-6-7-8-9-10-11-12-13-14-15-16-17-18-19-20-23(21-22-25)24(26)27/h9-10,23H,2-8,11-22H2,1H3,(H2,26,27)/b10-9-. The van der Waals surface area contributed by atoms with Crippen molar-refractivity contribution in [2.75, 3.05) is 5.88 Å². The molecule has 0 saturated heterocycles. The zero-order valence-electron chi connectivity index (χ0n) is 18.0. The average Bonchev–Trinajstić information content (AvgIpc) is 2.66. The lowest BCUT2D eigenvalue weighted by molar-refractivity contribution is -0.122. The van der Waals surface area contributed by atoms with Crippen LogP contribution in [0.2, 0.25) is 0 Å². The lowest BCUT2D eigenvalue weighted by atomic mass is 9.97. The summed E-state index contributed by atoms with van der Waals surface area (Å²) in [7, 11) is 0. The van der Waals surface area contributed by atoms with Crippen LogP contribution in [0.25, 0.3) is 0 Å². The number of nitrogens with two attached hydrogens (primary N) is 1. The van der Waals surface area contributed by atoms with E-state index in [2.05, 4.69) is 19.1 Å². The van der Waals surface area contributed by atoms with Crippen molar-refractivity contribution in [2.24, 2.45) is 11.7 Å². The fourth-order valence-corrected chi connectivity index (χ4v) is 3.82. The molecule has 0 rings (SSSR count). The van der Waals surface area contributed by atoms with Crippen LogP contribution in [-0.4, -0.2) is 11.8 Å². The normalized spacial score (nSPS) is 12.7. The van der Waals surface area contributed by atoms with Crippen LogP contribution < -0.4 is 5.73 Å². The van der Waals surface area contributed by atoms with Gasteiger partial charge in [-0.3, -0.25) is 4.79 Å². The van der Waals surface area contributed by atoms with Gasteiger partial charge >= 0.3 is 0 Å². The summed E-state index contributed by atoms with van der Waals surface area (Å²) in [6.07, 6.45) is 27.6. The van der Waals surface area contributed by atoms with Crippen LogP contribution in [0.1, 0.15) is 122 Å². The Morgan fingerprint density at radius 3 is 1.63 bits per heavy atom. The Balaban J connectivity index is 3.24. The lowest BCUT2D eigenvalue weighted by Crippen LogP contribution is -2.23. The predicted molar refractivity (Wildman–Crippen MR) is 121 cm³/mol. The first-order chi connectivity index (χ1) is 13.2. The molecular formula is C24H46ClNO. The Bertz CT molecular complexity index is 343. The van der Waals surface area contributed by atoms with Crippen molar-refractivity contribution in [2.45, 2.75) is 122 Å². The van der Waals surface area contributed by atoms with E-state index in [0.717, 1.165) is 19.3 Å². The fraction of sp³-hybridized carbons (Fsp3) is 0.875. The van der Waals surface area contributed by atoms with Crippen molar-refractivity contribution in [3.05, 3.63) is 12.2 Å². The highest BCUT2D eigenvalue weighted by Gasteiger charge is 2.13. The molecule has 0 aliphatic heterocycles. The number of halogens is 1. The molecule has 1 unspecified atom stereocenters. The number of alkyl halides is 1. The molecule has 0 fully saturated rings. The van der Waals surface area contributed by atoms with Crippen LogP contribution in [0.15, 0.2) is 12.2 Å². The SMILES string of the molecule is CCCCCCCC/C=C\CCCCCCCCCCC(CCCl)C(N)=O. The molecule has 0 bridgehead atoms. The third-order valence-corrected chi connectivity index (χ3v) is 5.64. The maximum atomic E-state index is 11.3. The first-order valence-electron chi connectivity index (χ1n) is 11.7. The molecule has 0 heterocycles. The minimum absolute atomic E-state index is 0.0170. The number of primary amides is 1. The molecule has 3 heteroatoms. The van der Waals surface area contributed by atoms with Gasteiger partial charge in [0.1, 0.15) is 0 Å². The van der Waals surface area contributed by atoms with E-state index >= 15 is 0 Å². The van der Waals surface area contributed by atoms with E-state index in [9.17, 15) is 4.79 Å². The molecule has 0 saturated carbocycles. The summed E-state index contributed by atoms with van der Waals surface area (Å²) < 4.78 is 0. The molecule has 1 amide bonds. The molecule has 160 valence electrons. The van der Waals surface area contributed by atoms with E-state index in [1.165, 1.54) is 96.3 Å². The van der Waals surface area contributed by atoms with E-state index in [4.69, 9.17) is 17.3 Å². The molecule has 0 aromatic heterocycles. The molecule has 0 aliphatic carbocycles. The predicted octanol–water partition coefficient (Wildman–Crippen LogP) is 7.92. The van der Waals surface area contributed by atoms with E-state index in [1.54, 1.807) is 0 Å². The molecule has 2 N–H and O–H groups in total. The smallest absolute Gasteiger partial charge is 0.220 e. The van der Waals surface area contributed by atoms with Crippen LogP contribution in [-0.2, 0) is 4.79 Å². The monoisotopic (exact) mass is 399 g/mol. The van der Waals surface area contributed by atoms with E-state index in [-0.39, 0.29) is 11.8 Å². The molecular weight excluding hydrogens is 354 g/mol. The summed E-state index contributed by atoms with van der Waals surface area (Å²) in [6.45, 7) is 2.27. The summed E-state index contributed by atoms with van der Waals surface area (Å²) in [5.41, 5.74) is 5.40. The Kier molecular flexibility index (Phi) is 21.4.